The van der Waals surface area contributed by atoms with Crippen LogP contribution in [-0.2, 0) is 0 Å². The second kappa shape index (κ2) is 7.14. The summed E-state index contributed by atoms with van der Waals surface area (Å²) < 4.78 is 0. The summed E-state index contributed by atoms with van der Waals surface area (Å²) in [6.45, 7) is 18.2. The van der Waals surface area contributed by atoms with Gasteiger partial charge in [-0.3, -0.25) is 0 Å². The summed E-state index contributed by atoms with van der Waals surface area (Å²) in [6, 6.07) is 0. The van der Waals surface area contributed by atoms with Gasteiger partial charge in [0.1, 0.15) is 0 Å². The van der Waals surface area contributed by atoms with E-state index in [0.717, 1.165) is 11.8 Å². The molecule has 0 aromatic rings. The van der Waals surface area contributed by atoms with Crippen molar-refractivity contribution in [3.05, 3.63) is 12.2 Å². The fourth-order valence-corrected chi connectivity index (χ4v) is 2.02. The van der Waals surface area contributed by atoms with Crippen LogP contribution in [0.15, 0.2) is 12.2 Å². The van der Waals surface area contributed by atoms with Gasteiger partial charge in [-0.25, -0.2) is 0 Å². The molecule has 0 amide bonds. The molecule has 0 spiro atoms. The summed E-state index contributed by atoms with van der Waals surface area (Å²) in [4.78, 5) is 0. The molecule has 0 saturated heterocycles. The fraction of sp³-hybridized carbons (Fsp3) is 0.875. The van der Waals surface area contributed by atoms with E-state index in [2.05, 4.69) is 48.1 Å². The summed E-state index contributed by atoms with van der Waals surface area (Å²) in [5.74, 6) is 1.62. The number of hydrogen-bond acceptors (Lipinski definition) is 0. The second-order valence-corrected chi connectivity index (χ2v) is 6.38. The van der Waals surface area contributed by atoms with Gasteiger partial charge in [0.25, 0.3) is 0 Å². The van der Waals surface area contributed by atoms with Crippen LogP contribution in [0, 0.1) is 17.3 Å². The minimum Gasteiger partial charge on any atom is -0.0999 e. The predicted molar refractivity (Wildman–Crippen MR) is 75.7 cm³/mol. The molecule has 0 heterocycles. The lowest BCUT2D eigenvalue weighted by Crippen LogP contribution is -2.12. The van der Waals surface area contributed by atoms with Gasteiger partial charge in [0, 0.05) is 0 Å². The lowest BCUT2D eigenvalue weighted by atomic mass is 9.81. The molecule has 0 N–H and O–H groups in total. The zero-order valence-corrected chi connectivity index (χ0v) is 12.4. The molecule has 0 bridgehead atoms. The highest BCUT2D eigenvalue weighted by atomic mass is 14.2. The molecule has 1 atom stereocenters. The minimum absolute atomic E-state index is 0.489. The van der Waals surface area contributed by atoms with E-state index in [1.54, 1.807) is 0 Å². The normalized spacial score (nSPS) is 14.2. The molecule has 0 aromatic heterocycles. The minimum atomic E-state index is 0.489. The van der Waals surface area contributed by atoms with Gasteiger partial charge in [-0.1, -0.05) is 66.5 Å². The van der Waals surface area contributed by atoms with E-state index in [-0.39, 0.29) is 0 Å². The number of allylic oxidation sites excluding steroid dienone is 1. The maximum atomic E-state index is 4.26. The van der Waals surface area contributed by atoms with Gasteiger partial charge in [0.2, 0.25) is 0 Å². The van der Waals surface area contributed by atoms with Crippen molar-refractivity contribution < 1.29 is 0 Å². The Morgan fingerprint density at radius 2 is 1.75 bits per heavy atom. The number of hydrogen-bond donors (Lipinski definition) is 0. The Kier molecular flexibility index (Phi) is 7.03. The summed E-state index contributed by atoms with van der Waals surface area (Å²) >= 11 is 0. The molecule has 0 heteroatoms. The van der Waals surface area contributed by atoms with E-state index < -0.39 is 0 Å². The predicted octanol–water partition coefficient (Wildman–Crippen LogP) is 5.83. The van der Waals surface area contributed by atoms with Crippen molar-refractivity contribution in [1.29, 1.82) is 0 Å². The quantitative estimate of drug-likeness (QED) is 0.455. The highest BCUT2D eigenvalue weighted by Gasteiger charge is 2.17. The molecule has 96 valence electrons. The molecule has 0 fully saturated rings. The van der Waals surface area contributed by atoms with Crippen LogP contribution in [0.3, 0.4) is 0 Å². The maximum Gasteiger partial charge on any atom is -0.0292 e. The van der Waals surface area contributed by atoms with Gasteiger partial charge in [-0.05, 0) is 36.5 Å². The van der Waals surface area contributed by atoms with Gasteiger partial charge in [-0.2, -0.15) is 0 Å². The molecule has 1 unspecified atom stereocenters. The van der Waals surface area contributed by atoms with E-state index in [0.29, 0.717) is 5.41 Å². The molecule has 0 rings (SSSR count). The Hall–Kier alpha value is -0.260. The average molecular weight is 224 g/mol. The first kappa shape index (κ1) is 15.7. The standard InChI is InChI=1S/C16H32/c1-8-15(13(3)4)12-14(5)10-11-16(6,7)9-2/h13,15H,5,8-12H2,1-4,6-7H3. The average Bonchev–Trinajstić information content (AvgIpc) is 2.22. The monoisotopic (exact) mass is 224 g/mol. The van der Waals surface area contributed by atoms with E-state index in [1.165, 1.54) is 37.7 Å². The third-order valence-corrected chi connectivity index (χ3v) is 4.13. The molecule has 0 aliphatic carbocycles. The lowest BCUT2D eigenvalue weighted by Gasteiger charge is -2.25. The Labute approximate surface area is 104 Å². The van der Waals surface area contributed by atoms with Crippen molar-refractivity contribution in [2.75, 3.05) is 0 Å². The maximum absolute atomic E-state index is 4.26. The van der Waals surface area contributed by atoms with E-state index >= 15 is 0 Å². The van der Waals surface area contributed by atoms with E-state index in [4.69, 9.17) is 0 Å². The van der Waals surface area contributed by atoms with Crippen molar-refractivity contribution in [2.24, 2.45) is 17.3 Å². The zero-order chi connectivity index (χ0) is 12.8. The van der Waals surface area contributed by atoms with Crippen molar-refractivity contribution >= 4 is 0 Å². The van der Waals surface area contributed by atoms with Crippen LogP contribution in [0.25, 0.3) is 0 Å². The molecule has 0 aliphatic rings. The Morgan fingerprint density at radius 3 is 2.12 bits per heavy atom. The van der Waals surface area contributed by atoms with Crippen molar-refractivity contribution in [3.63, 3.8) is 0 Å². The molecule has 16 heavy (non-hydrogen) atoms. The topological polar surface area (TPSA) is 0 Å². The summed E-state index contributed by atoms with van der Waals surface area (Å²) in [5.41, 5.74) is 1.95. The van der Waals surface area contributed by atoms with Crippen LogP contribution in [0.1, 0.15) is 73.6 Å². The molecule has 0 aromatic carbocycles. The van der Waals surface area contributed by atoms with Crippen LogP contribution >= 0.6 is 0 Å². The highest BCUT2D eigenvalue weighted by molar-refractivity contribution is 4.97. The molecule has 0 saturated carbocycles. The Balaban J connectivity index is 3.99. The summed E-state index contributed by atoms with van der Waals surface area (Å²) in [5, 5.41) is 0. The van der Waals surface area contributed by atoms with Crippen LogP contribution in [0.4, 0.5) is 0 Å². The molecular formula is C16H32. The first-order valence-corrected chi connectivity index (χ1v) is 6.99. The highest BCUT2D eigenvalue weighted by Crippen LogP contribution is 2.31. The van der Waals surface area contributed by atoms with Crippen molar-refractivity contribution in [3.8, 4) is 0 Å². The zero-order valence-electron chi connectivity index (χ0n) is 12.4. The first-order valence-electron chi connectivity index (χ1n) is 6.99. The molecule has 0 aliphatic heterocycles. The SMILES string of the molecule is C=C(CCC(C)(C)CC)CC(CC)C(C)C. The van der Waals surface area contributed by atoms with Gasteiger partial charge in [-0.15, -0.1) is 0 Å². The Bertz CT molecular complexity index is 198. The third-order valence-electron chi connectivity index (χ3n) is 4.13. The summed E-state index contributed by atoms with van der Waals surface area (Å²) in [6.07, 6.45) is 6.28. The van der Waals surface area contributed by atoms with Gasteiger partial charge in [0.15, 0.2) is 0 Å². The van der Waals surface area contributed by atoms with Crippen LogP contribution in [0.2, 0.25) is 0 Å². The number of rotatable bonds is 8. The Morgan fingerprint density at radius 1 is 1.19 bits per heavy atom. The molecule has 0 radical (unpaired) electrons. The smallest absolute Gasteiger partial charge is 0.0292 e. The first-order chi connectivity index (χ1) is 7.32. The second-order valence-electron chi connectivity index (χ2n) is 6.38. The van der Waals surface area contributed by atoms with Gasteiger partial charge < -0.3 is 0 Å². The fourth-order valence-electron chi connectivity index (χ4n) is 2.02. The van der Waals surface area contributed by atoms with E-state index in [1.807, 2.05) is 0 Å². The van der Waals surface area contributed by atoms with Gasteiger partial charge >= 0.3 is 0 Å². The molecule has 0 nitrogen and oxygen atoms in total. The van der Waals surface area contributed by atoms with Crippen molar-refractivity contribution in [2.45, 2.75) is 73.6 Å². The van der Waals surface area contributed by atoms with E-state index in [9.17, 15) is 0 Å². The lowest BCUT2D eigenvalue weighted by molar-refractivity contribution is 0.313. The van der Waals surface area contributed by atoms with Crippen LogP contribution in [-0.4, -0.2) is 0 Å². The summed E-state index contributed by atoms with van der Waals surface area (Å²) in [7, 11) is 0. The van der Waals surface area contributed by atoms with Crippen molar-refractivity contribution in [1.82, 2.24) is 0 Å². The largest absolute Gasteiger partial charge is 0.0999 e. The van der Waals surface area contributed by atoms with Crippen LogP contribution in [0.5, 0.6) is 0 Å². The third kappa shape index (κ3) is 6.35. The van der Waals surface area contributed by atoms with Gasteiger partial charge in [0.05, 0.1) is 0 Å². The molecular weight excluding hydrogens is 192 g/mol. The van der Waals surface area contributed by atoms with Crippen LogP contribution < -0.4 is 0 Å².